The van der Waals surface area contributed by atoms with Crippen LogP contribution in [0.1, 0.15) is 33.1 Å². The van der Waals surface area contributed by atoms with Gasteiger partial charge in [0.1, 0.15) is 0 Å². The maximum Gasteiger partial charge on any atom is 0.00360 e. The molecular weight excluding hydrogens is 222 g/mol. The van der Waals surface area contributed by atoms with E-state index in [-0.39, 0.29) is 21.1 Å². The summed E-state index contributed by atoms with van der Waals surface area (Å²) >= 11 is 0. The standard InChI is InChI=1S/C8H16NO.Mo/c1-3-8(2)9-6-4-5-7-10;/h8-9H,3-6H2,1-2H3;/q-1;. The Morgan fingerprint density at radius 1 is 1.55 bits per heavy atom. The van der Waals surface area contributed by atoms with Gasteiger partial charge in [-0.1, -0.05) is 13.3 Å². The van der Waals surface area contributed by atoms with Gasteiger partial charge in [-0.15, -0.1) is 0 Å². The molecule has 0 spiro atoms. The van der Waals surface area contributed by atoms with Crippen molar-refractivity contribution in [1.82, 2.24) is 5.32 Å². The van der Waals surface area contributed by atoms with Crippen LogP contribution in [0.25, 0.3) is 0 Å². The summed E-state index contributed by atoms with van der Waals surface area (Å²) in [6.07, 6.45) is 4.48. The van der Waals surface area contributed by atoms with Crippen LogP contribution in [-0.4, -0.2) is 18.9 Å². The van der Waals surface area contributed by atoms with Gasteiger partial charge < -0.3 is 10.1 Å². The van der Waals surface area contributed by atoms with E-state index in [0.717, 1.165) is 19.4 Å². The number of rotatable bonds is 6. The van der Waals surface area contributed by atoms with Crippen molar-refractivity contribution in [3.8, 4) is 0 Å². The van der Waals surface area contributed by atoms with E-state index in [9.17, 15) is 4.79 Å². The molecule has 0 aromatic carbocycles. The minimum Gasteiger partial charge on any atom is -0.542 e. The van der Waals surface area contributed by atoms with Crippen LogP contribution in [-0.2, 0) is 25.9 Å². The van der Waals surface area contributed by atoms with Gasteiger partial charge in [-0.2, -0.15) is 6.42 Å². The van der Waals surface area contributed by atoms with Crippen LogP contribution in [0.3, 0.4) is 0 Å². The van der Waals surface area contributed by atoms with E-state index in [1.54, 1.807) is 0 Å². The Kier molecular flexibility index (Phi) is 13.0. The Hall–Kier alpha value is 0.318. The number of hydrogen-bond donors (Lipinski definition) is 1. The summed E-state index contributed by atoms with van der Waals surface area (Å²) in [6.45, 7) is 5.22. The van der Waals surface area contributed by atoms with Gasteiger partial charge in [0.05, 0.1) is 0 Å². The van der Waals surface area contributed by atoms with Crippen LogP contribution in [0, 0.1) is 0 Å². The molecule has 0 heterocycles. The van der Waals surface area contributed by atoms with Gasteiger partial charge in [0, 0.05) is 27.1 Å². The fourth-order valence-electron chi connectivity index (χ4n) is 0.653. The van der Waals surface area contributed by atoms with E-state index in [4.69, 9.17) is 0 Å². The van der Waals surface area contributed by atoms with Crippen LogP contribution >= 0.6 is 0 Å². The molecule has 2 nitrogen and oxygen atoms in total. The Balaban J connectivity index is 0. The van der Waals surface area contributed by atoms with Gasteiger partial charge in [-0.3, -0.25) is 6.29 Å². The second-order valence-corrected chi connectivity index (χ2v) is 2.51. The monoisotopic (exact) mass is 240 g/mol. The predicted octanol–water partition coefficient (Wildman–Crippen LogP) is 1.26. The summed E-state index contributed by atoms with van der Waals surface area (Å²) in [5.41, 5.74) is 0. The average Bonchev–Trinajstić information content (AvgIpc) is 1.98. The molecule has 0 aliphatic carbocycles. The van der Waals surface area contributed by atoms with Gasteiger partial charge in [-0.05, 0) is 19.9 Å². The van der Waals surface area contributed by atoms with E-state index < -0.39 is 0 Å². The third kappa shape index (κ3) is 10.3. The zero-order valence-electron chi connectivity index (χ0n) is 7.22. The normalized spacial score (nSPS) is 11.8. The molecule has 3 heteroatoms. The van der Waals surface area contributed by atoms with E-state index in [0.29, 0.717) is 12.5 Å². The molecular formula is C8H16MoNO-. The largest absolute Gasteiger partial charge is 0.542 e. The first-order valence-corrected chi connectivity index (χ1v) is 3.89. The molecule has 66 valence electrons. The molecule has 0 saturated heterocycles. The van der Waals surface area contributed by atoms with Gasteiger partial charge in [0.15, 0.2) is 0 Å². The zero-order chi connectivity index (χ0) is 7.82. The maximum atomic E-state index is 9.77. The maximum absolute atomic E-state index is 9.77. The molecule has 0 amide bonds. The molecule has 0 aliphatic rings. The van der Waals surface area contributed by atoms with Crippen molar-refractivity contribution in [1.29, 1.82) is 0 Å². The molecule has 0 aromatic heterocycles. The second-order valence-electron chi connectivity index (χ2n) is 2.51. The van der Waals surface area contributed by atoms with Crippen LogP contribution in [0.5, 0.6) is 0 Å². The fraction of sp³-hybridized carbons (Fsp3) is 0.875. The quantitative estimate of drug-likeness (QED) is 0.429. The molecule has 0 rings (SSSR count). The summed E-state index contributed by atoms with van der Waals surface area (Å²) in [4.78, 5) is 9.77. The number of carbonyl (C=O) groups excluding carboxylic acids is 1. The van der Waals surface area contributed by atoms with Gasteiger partial charge in [0.25, 0.3) is 0 Å². The summed E-state index contributed by atoms with van der Waals surface area (Å²) in [5.74, 6) is 0. The van der Waals surface area contributed by atoms with Crippen molar-refractivity contribution >= 4 is 6.29 Å². The van der Waals surface area contributed by atoms with Crippen molar-refractivity contribution in [3.63, 3.8) is 0 Å². The molecule has 1 atom stereocenters. The molecule has 0 fully saturated rings. The van der Waals surface area contributed by atoms with E-state index in [1.165, 1.54) is 0 Å². The van der Waals surface area contributed by atoms with Crippen molar-refractivity contribution < 1.29 is 25.9 Å². The first kappa shape index (κ1) is 13.9. The summed E-state index contributed by atoms with van der Waals surface area (Å²) in [5, 5.41) is 3.29. The predicted molar refractivity (Wildman–Crippen MR) is 42.7 cm³/mol. The summed E-state index contributed by atoms with van der Waals surface area (Å²) < 4.78 is 0. The first-order chi connectivity index (χ1) is 4.81. The Morgan fingerprint density at radius 3 is 2.64 bits per heavy atom. The van der Waals surface area contributed by atoms with E-state index >= 15 is 0 Å². The minimum absolute atomic E-state index is 0. The second kappa shape index (κ2) is 10.3. The Labute approximate surface area is 83.4 Å². The van der Waals surface area contributed by atoms with Crippen LogP contribution < -0.4 is 5.32 Å². The smallest absolute Gasteiger partial charge is 0.00360 e. The number of unbranched alkanes of at least 4 members (excludes halogenated alkanes) is 1. The molecule has 0 aromatic rings. The molecule has 1 N–H and O–H groups in total. The zero-order valence-corrected chi connectivity index (χ0v) is 9.23. The van der Waals surface area contributed by atoms with Crippen molar-refractivity contribution in [2.24, 2.45) is 0 Å². The third-order valence-corrected chi connectivity index (χ3v) is 1.56. The van der Waals surface area contributed by atoms with Crippen molar-refractivity contribution in [2.45, 2.75) is 39.2 Å². The van der Waals surface area contributed by atoms with Crippen molar-refractivity contribution in [2.75, 3.05) is 6.54 Å². The van der Waals surface area contributed by atoms with E-state index in [2.05, 4.69) is 19.2 Å². The van der Waals surface area contributed by atoms with Gasteiger partial charge in [0.2, 0.25) is 0 Å². The summed E-state index contributed by atoms with van der Waals surface area (Å²) in [7, 11) is 0. The Bertz CT molecular complexity index is 88.2. The molecule has 11 heavy (non-hydrogen) atoms. The first-order valence-electron chi connectivity index (χ1n) is 3.89. The molecule has 0 aliphatic heterocycles. The molecule has 0 bridgehead atoms. The average molecular weight is 238 g/mol. The number of hydrogen-bond acceptors (Lipinski definition) is 2. The molecule has 0 radical (unpaired) electrons. The summed E-state index contributed by atoms with van der Waals surface area (Å²) in [6, 6.07) is 0.576. The van der Waals surface area contributed by atoms with Gasteiger partial charge in [-0.25, -0.2) is 0 Å². The minimum atomic E-state index is 0. The third-order valence-electron chi connectivity index (χ3n) is 1.56. The number of nitrogens with one attached hydrogen (secondary N) is 1. The van der Waals surface area contributed by atoms with Crippen LogP contribution in [0.15, 0.2) is 0 Å². The fourth-order valence-corrected chi connectivity index (χ4v) is 0.653. The van der Waals surface area contributed by atoms with E-state index in [1.807, 2.05) is 6.29 Å². The van der Waals surface area contributed by atoms with Crippen LogP contribution in [0.2, 0.25) is 0 Å². The van der Waals surface area contributed by atoms with Crippen molar-refractivity contribution in [3.05, 3.63) is 0 Å². The van der Waals surface area contributed by atoms with Crippen LogP contribution in [0.4, 0.5) is 0 Å². The Morgan fingerprint density at radius 2 is 2.18 bits per heavy atom. The van der Waals surface area contributed by atoms with Gasteiger partial charge >= 0.3 is 0 Å². The topological polar surface area (TPSA) is 29.1 Å². The SMILES string of the molecule is CCC(C)NCCC[C-]=O.[Mo]. The molecule has 0 saturated carbocycles. The molecule has 1 unspecified atom stereocenters.